The first-order valence-electron chi connectivity index (χ1n) is 6.09. The van der Waals surface area contributed by atoms with E-state index in [2.05, 4.69) is 43.1 Å². The van der Waals surface area contributed by atoms with Crippen LogP contribution in [0.25, 0.3) is 0 Å². The van der Waals surface area contributed by atoms with Gasteiger partial charge >= 0.3 is 0 Å². The number of nitrogens with two attached hydrogens (primary N) is 1. The van der Waals surface area contributed by atoms with Crippen molar-refractivity contribution in [3.63, 3.8) is 0 Å². The quantitative estimate of drug-likeness (QED) is 0.840. The highest BCUT2D eigenvalue weighted by Crippen LogP contribution is 2.24. The third kappa shape index (κ3) is 3.50. The Morgan fingerprint density at radius 1 is 1.11 bits per heavy atom. The number of benzene rings is 1. The van der Waals surface area contributed by atoms with Crippen LogP contribution >= 0.6 is 11.8 Å². The van der Waals surface area contributed by atoms with Crippen molar-refractivity contribution in [2.75, 3.05) is 5.73 Å². The van der Waals surface area contributed by atoms with Gasteiger partial charge in [-0.3, -0.25) is 0 Å². The van der Waals surface area contributed by atoms with E-state index in [9.17, 15) is 0 Å². The summed E-state index contributed by atoms with van der Waals surface area (Å²) in [7, 11) is 0. The molecule has 1 aromatic heterocycles. The summed E-state index contributed by atoms with van der Waals surface area (Å²) >= 11 is 1.78. The monoisotopic (exact) mass is 258 g/mol. The highest BCUT2D eigenvalue weighted by Gasteiger charge is 2.01. The van der Waals surface area contributed by atoms with Gasteiger partial charge in [-0.25, -0.2) is 4.98 Å². The second-order valence-corrected chi connectivity index (χ2v) is 5.61. The zero-order valence-corrected chi connectivity index (χ0v) is 11.6. The molecule has 0 aliphatic carbocycles. The zero-order valence-electron chi connectivity index (χ0n) is 10.8. The summed E-state index contributed by atoms with van der Waals surface area (Å²) in [5, 5.41) is 0. The largest absolute Gasteiger partial charge is 0.384 e. The molecule has 2 nitrogen and oxygen atoms in total. The molecule has 0 fully saturated rings. The maximum atomic E-state index is 5.66. The van der Waals surface area contributed by atoms with Crippen LogP contribution in [-0.4, -0.2) is 4.98 Å². The lowest BCUT2D eigenvalue weighted by molar-refractivity contribution is 0.865. The van der Waals surface area contributed by atoms with E-state index >= 15 is 0 Å². The number of nitrogens with zero attached hydrogens (tertiary/aromatic N) is 1. The van der Waals surface area contributed by atoms with Crippen molar-refractivity contribution in [1.82, 2.24) is 4.98 Å². The van der Waals surface area contributed by atoms with Crippen molar-refractivity contribution in [2.45, 2.75) is 30.4 Å². The van der Waals surface area contributed by atoms with Gasteiger partial charge < -0.3 is 5.73 Å². The SMILES string of the molecule is CC(C)c1ccc(SCc2cccc(N)n2)cc1. The first-order chi connectivity index (χ1) is 8.65. The average molecular weight is 258 g/mol. The van der Waals surface area contributed by atoms with E-state index < -0.39 is 0 Å². The zero-order chi connectivity index (χ0) is 13.0. The highest BCUT2D eigenvalue weighted by atomic mass is 32.2. The van der Waals surface area contributed by atoms with Gasteiger partial charge in [0.2, 0.25) is 0 Å². The van der Waals surface area contributed by atoms with Crippen LogP contribution < -0.4 is 5.73 Å². The summed E-state index contributed by atoms with van der Waals surface area (Å²) in [5.41, 5.74) is 8.06. The number of pyridine rings is 1. The number of hydrogen-bond acceptors (Lipinski definition) is 3. The van der Waals surface area contributed by atoms with E-state index in [-0.39, 0.29) is 0 Å². The van der Waals surface area contributed by atoms with Crippen LogP contribution in [0.3, 0.4) is 0 Å². The second kappa shape index (κ2) is 5.91. The van der Waals surface area contributed by atoms with Gasteiger partial charge in [-0.2, -0.15) is 0 Å². The molecule has 0 atom stereocenters. The molecule has 1 heterocycles. The molecule has 0 spiro atoms. The summed E-state index contributed by atoms with van der Waals surface area (Å²) in [4.78, 5) is 5.56. The average Bonchev–Trinajstić information content (AvgIpc) is 2.37. The van der Waals surface area contributed by atoms with Gasteiger partial charge in [0, 0.05) is 10.6 Å². The number of rotatable bonds is 4. The Morgan fingerprint density at radius 3 is 2.44 bits per heavy atom. The van der Waals surface area contributed by atoms with Gasteiger partial charge in [-0.15, -0.1) is 11.8 Å². The first kappa shape index (κ1) is 13.0. The third-order valence-corrected chi connectivity index (χ3v) is 3.81. The molecule has 0 radical (unpaired) electrons. The minimum atomic E-state index is 0.583. The van der Waals surface area contributed by atoms with Gasteiger partial charge in [0.1, 0.15) is 5.82 Å². The summed E-state index contributed by atoms with van der Waals surface area (Å²) in [6, 6.07) is 14.5. The molecule has 0 unspecified atom stereocenters. The highest BCUT2D eigenvalue weighted by molar-refractivity contribution is 7.98. The Bertz CT molecular complexity index is 506. The van der Waals surface area contributed by atoms with E-state index in [1.165, 1.54) is 10.5 Å². The van der Waals surface area contributed by atoms with Crippen LogP contribution in [0.1, 0.15) is 31.0 Å². The van der Waals surface area contributed by atoms with E-state index in [1.807, 2.05) is 18.2 Å². The Kier molecular flexibility index (Phi) is 4.26. The van der Waals surface area contributed by atoms with Crippen LogP contribution in [0.15, 0.2) is 47.4 Å². The predicted octanol–water partition coefficient (Wildman–Crippen LogP) is 4.08. The van der Waals surface area contributed by atoms with Crippen molar-refractivity contribution in [2.24, 2.45) is 0 Å². The molecule has 2 aromatic rings. The van der Waals surface area contributed by atoms with E-state index in [1.54, 1.807) is 11.8 Å². The van der Waals surface area contributed by atoms with Gasteiger partial charge in [0.25, 0.3) is 0 Å². The molecule has 0 aliphatic rings. The van der Waals surface area contributed by atoms with Gasteiger partial charge in [-0.1, -0.05) is 32.0 Å². The lowest BCUT2D eigenvalue weighted by Gasteiger charge is -2.06. The molecule has 2 N–H and O–H groups in total. The summed E-state index contributed by atoms with van der Waals surface area (Å²) in [5.74, 6) is 2.02. The minimum Gasteiger partial charge on any atom is -0.384 e. The first-order valence-corrected chi connectivity index (χ1v) is 7.08. The van der Waals surface area contributed by atoms with Gasteiger partial charge in [-0.05, 0) is 35.7 Å². The Labute approximate surface area is 113 Å². The van der Waals surface area contributed by atoms with Crippen molar-refractivity contribution in [1.29, 1.82) is 0 Å². The minimum absolute atomic E-state index is 0.583. The predicted molar refractivity (Wildman–Crippen MR) is 78.7 cm³/mol. The molecule has 18 heavy (non-hydrogen) atoms. The topological polar surface area (TPSA) is 38.9 Å². The molecule has 0 saturated heterocycles. The molecule has 0 amide bonds. The summed E-state index contributed by atoms with van der Waals surface area (Å²) in [6.45, 7) is 4.41. The van der Waals surface area contributed by atoms with E-state index in [0.29, 0.717) is 11.7 Å². The van der Waals surface area contributed by atoms with Crippen molar-refractivity contribution < 1.29 is 0 Å². The number of nitrogen functional groups attached to an aromatic ring is 1. The maximum Gasteiger partial charge on any atom is 0.123 e. The fourth-order valence-electron chi connectivity index (χ4n) is 1.68. The van der Waals surface area contributed by atoms with Crippen LogP contribution in [0, 0.1) is 0 Å². The Balaban J connectivity index is 1.98. The molecule has 1 aromatic carbocycles. The van der Waals surface area contributed by atoms with Crippen LogP contribution in [0.4, 0.5) is 5.82 Å². The van der Waals surface area contributed by atoms with Gasteiger partial charge in [0.05, 0.1) is 5.69 Å². The molecule has 0 saturated carbocycles. The van der Waals surface area contributed by atoms with E-state index in [4.69, 9.17) is 5.73 Å². The fraction of sp³-hybridized carbons (Fsp3) is 0.267. The van der Waals surface area contributed by atoms with Crippen LogP contribution in [0.5, 0.6) is 0 Å². The molecular formula is C15H18N2S. The summed E-state index contributed by atoms with van der Waals surface area (Å²) in [6.07, 6.45) is 0. The number of aromatic nitrogens is 1. The lowest BCUT2D eigenvalue weighted by Crippen LogP contribution is -1.93. The van der Waals surface area contributed by atoms with Crippen molar-refractivity contribution in [3.05, 3.63) is 53.7 Å². The third-order valence-electron chi connectivity index (χ3n) is 2.76. The maximum absolute atomic E-state index is 5.66. The van der Waals surface area contributed by atoms with Crippen molar-refractivity contribution >= 4 is 17.6 Å². The van der Waals surface area contributed by atoms with Gasteiger partial charge in [0.15, 0.2) is 0 Å². The smallest absolute Gasteiger partial charge is 0.123 e. The number of thioether (sulfide) groups is 1. The Hall–Kier alpha value is -1.48. The van der Waals surface area contributed by atoms with Crippen LogP contribution in [-0.2, 0) is 5.75 Å². The second-order valence-electron chi connectivity index (χ2n) is 4.57. The standard InChI is InChI=1S/C15H18N2S/c1-11(2)12-6-8-14(9-7-12)18-10-13-4-3-5-15(16)17-13/h3-9,11H,10H2,1-2H3,(H2,16,17). The lowest BCUT2D eigenvalue weighted by atomic mass is 10.0. The van der Waals surface area contributed by atoms with E-state index in [0.717, 1.165) is 11.4 Å². The fourth-order valence-corrected chi connectivity index (χ4v) is 2.49. The number of hydrogen-bond donors (Lipinski definition) is 1. The summed E-state index contributed by atoms with van der Waals surface area (Å²) < 4.78 is 0. The van der Waals surface area contributed by atoms with Crippen LogP contribution in [0.2, 0.25) is 0 Å². The molecule has 2 rings (SSSR count). The normalized spacial score (nSPS) is 10.8. The molecule has 0 bridgehead atoms. The van der Waals surface area contributed by atoms with Crippen molar-refractivity contribution in [3.8, 4) is 0 Å². The number of anilines is 1. The molecular weight excluding hydrogens is 240 g/mol. The molecule has 0 aliphatic heterocycles. The Morgan fingerprint density at radius 2 is 1.83 bits per heavy atom. The molecule has 94 valence electrons. The molecule has 3 heteroatoms.